The van der Waals surface area contributed by atoms with E-state index in [1.54, 1.807) is 41.4 Å². The van der Waals surface area contributed by atoms with Crippen LogP contribution in [0.1, 0.15) is 74.3 Å². The number of rotatable bonds is 8. The minimum absolute atomic E-state index is 0.0788. The molecule has 2 aromatic carbocycles. The van der Waals surface area contributed by atoms with Crippen LogP contribution in [0, 0.1) is 17.2 Å². The van der Waals surface area contributed by atoms with Crippen LogP contribution in [0.15, 0.2) is 84.2 Å². The van der Waals surface area contributed by atoms with Crippen molar-refractivity contribution >= 4 is 23.3 Å². The molecule has 3 aromatic rings. The molecule has 0 N–H and O–H groups in total. The van der Waals surface area contributed by atoms with E-state index in [0.29, 0.717) is 17.5 Å². The van der Waals surface area contributed by atoms with Gasteiger partial charge in [0, 0.05) is 53.8 Å². The number of allylic oxidation sites excluding steroid dienone is 2. The molecule has 1 aliphatic heterocycles. The summed E-state index contributed by atoms with van der Waals surface area (Å²) in [6, 6.07) is 18.2. The predicted molar refractivity (Wildman–Crippen MR) is 166 cm³/mol. The van der Waals surface area contributed by atoms with Crippen LogP contribution in [0.5, 0.6) is 0 Å². The maximum Gasteiger partial charge on any atom is 0.416 e. The molecular formula is C36H35F3N4O3. The number of carbonyl (C=O) groups excluding carboxylic acids is 3. The van der Waals surface area contributed by atoms with Crippen LogP contribution in [-0.4, -0.2) is 40.1 Å². The Kier molecular flexibility index (Phi) is 9.71. The van der Waals surface area contributed by atoms with Gasteiger partial charge < -0.3 is 4.90 Å². The average molecular weight is 629 g/mol. The first-order chi connectivity index (χ1) is 22.0. The minimum Gasteiger partial charge on any atom is -0.339 e. The molecule has 1 aliphatic carbocycles. The van der Waals surface area contributed by atoms with Gasteiger partial charge in [-0.05, 0) is 74.7 Å². The number of hydrogen-bond acceptors (Lipinski definition) is 5. The molecule has 1 aromatic heterocycles. The molecule has 0 bridgehead atoms. The summed E-state index contributed by atoms with van der Waals surface area (Å²) in [7, 11) is 0. The summed E-state index contributed by atoms with van der Waals surface area (Å²) < 4.78 is 41.3. The van der Waals surface area contributed by atoms with Crippen LogP contribution < -0.4 is 4.90 Å². The summed E-state index contributed by atoms with van der Waals surface area (Å²) in [5, 5.41) is 9.39. The molecule has 2 atom stereocenters. The minimum atomic E-state index is -4.67. The van der Waals surface area contributed by atoms with Crippen molar-refractivity contribution in [1.82, 2.24) is 9.88 Å². The molecule has 2 unspecified atom stereocenters. The SMILES string of the molecule is CC(=O)C1=C(C)N(c2cccc(C(F)(F)F)c2)C(=O)C(C(=O)N(CCc2ccccn2)C2CCCCC2)C1c1ccc(C#N)cc1. The smallest absolute Gasteiger partial charge is 0.339 e. The lowest BCUT2D eigenvalue weighted by atomic mass is 9.73. The number of carbonyl (C=O) groups is 3. The molecule has 46 heavy (non-hydrogen) atoms. The average Bonchev–Trinajstić information content (AvgIpc) is 3.05. The van der Waals surface area contributed by atoms with E-state index in [1.165, 1.54) is 26.0 Å². The molecule has 2 heterocycles. The molecule has 5 rings (SSSR count). The molecule has 1 saturated carbocycles. The summed E-state index contributed by atoms with van der Waals surface area (Å²) in [5.74, 6) is -4.04. The van der Waals surface area contributed by atoms with Crippen LogP contribution in [0.4, 0.5) is 18.9 Å². The van der Waals surface area contributed by atoms with E-state index in [1.807, 2.05) is 12.1 Å². The monoisotopic (exact) mass is 628 g/mol. The number of aromatic nitrogens is 1. The first kappa shape index (κ1) is 32.6. The zero-order chi connectivity index (χ0) is 33.0. The highest BCUT2D eigenvalue weighted by atomic mass is 19.4. The standard InChI is InChI=1S/C36H35F3N4O3/c1-23-31(24(2)44)32(26-16-14-25(22-40)15-17-26)33(35(46)43(23)30-13-8-9-27(21-30)36(37,38)39)34(45)42(29-11-4-3-5-12-29)20-18-28-10-6-7-19-41-28/h6-10,13-17,19,21,29,32-33H,3-5,11-12,18,20H2,1-2H3. The third-order valence-electron chi connectivity index (χ3n) is 8.97. The quantitative estimate of drug-likeness (QED) is 0.251. The third-order valence-corrected chi connectivity index (χ3v) is 8.97. The third kappa shape index (κ3) is 6.74. The van der Waals surface area contributed by atoms with E-state index in [-0.39, 0.29) is 29.5 Å². The highest BCUT2D eigenvalue weighted by molar-refractivity contribution is 6.15. The molecule has 10 heteroatoms. The topological polar surface area (TPSA) is 94.4 Å². The molecule has 238 valence electrons. The number of alkyl halides is 3. The molecule has 1 fully saturated rings. The summed E-state index contributed by atoms with van der Waals surface area (Å²) in [6.07, 6.45) is 1.83. The Morgan fingerprint density at radius 2 is 1.74 bits per heavy atom. The van der Waals surface area contributed by atoms with Gasteiger partial charge in [0.05, 0.1) is 17.2 Å². The van der Waals surface area contributed by atoms with Crippen molar-refractivity contribution in [2.45, 2.75) is 70.5 Å². The van der Waals surface area contributed by atoms with E-state index < -0.39 is 41.2 Å². The Hall–Kier alpha value is -4.78. The van der Waals surface area contributed by atoms with Gasteiger partial charge in [-0.25, -0.2) is 0 Å². The van der Waals surface area contributed by atoms with Gasteiger partial charge in [-0.3, -0.25) is 24.3 Å². The fourth-order valence-corrected chi connectivity index (χ4v) is 6.77. The summed E-state index contributed by atoms with van der Waals surface area (Å²) in [6.45, 7) is 3.13. The lowest BCUT2D eigenvalue weighted by Gasteiger charge is -2.43. The Morgan fingerprint density at radius 1 is 1.02 bits per heavy atom. The van der Waals surface area contributed by atoms with Crippen molar-refractivity contribution in [2.75, 3.05) is 11.4 Å². The first-order valence-corrected chi connectivity index (χ1v) is 15.4. The van der Waals surface area contributed by atoms with Gasteiger partial charge in [0.1, 0.15) is 5.92 Å². The highest BCUT2D eigenvalue weighted by Crippen LogP contribution is 2.45. The zero-order valence-corrected chi connectivity index (χ0v) is 25.8. The molecule has 2 amide bonds. The van der Waals surface area contributed by atoms with Crippen LogP contribution >= 0.6 is 0 Å². The lowest BCUT2D eigenvalue weighted by Crippen LogP contribution is -2.54. The lowest BCUT2D eigenvalue weighted by molar-refractivity contribution is -0.144. The van der Waals surface area contributed by atoms with Gasteiger partial charge in [-0.15, -0.1) is 0 Å². The number of nitriles is 1. The van der Waals surface area contributed by atoms with E-state index in [0.717, 1.165) is 54.8 Å². The van der Waals surface area contributed by atoms with E-state index in [2.05, 4.69) is 11.1 Å². The van der Waals surface area contributed by atoms with E-state index in [9.17, 15) is 32.8 Å². The Bertz CT molecular complexity index is 1670. The number of halogens is 3. The number of anilines is 1. The van der Waals surface area contributed by atoms with Crippen LogP contribution in [0.25, 0.3) is 0 Å². The fourth-order valence-electron chi connectivity index (χ4n) is 6.77. The van der Waals surface area contributed by atoms with Crippen LogP contribution in [0.2, 0.25) is 0 Å². The Balaban J connectivity index is 1.67. The zero-order valence-electron chi connectivity index (χ0n) is 25.8. The van der Waals surface area contributed by atoms with Crippen molar-refractivity contribution in [3.8, 4) is 6.07 Å². The molecule has 0 spiro atoms. The van der Waals surface area contributed by atoms with E-state index in [4.69, 9.17) is 0 Å². The first-order valence-electron chi connectivity index (χ1n) is 15.4. The van der Waals surface area contributed by atoms with Crippen molar-refractivity contribution in [1.29, 1.82) is 5.26 Å². The summed E-state index contributed by atoms with van der Waals surface area (Å²) in [4.78, 5) is 50.2. The van der Waals surface area contributed by atoms with Crippen molar-refractivity contribution in [3.63, 3.8) is 0 Å². The number of pyridine rings is 1. The second-order valence-electron chi connectivity index (χ2n) is 11.9. The second kappa shape index (κ2) is 13.7. The van der Waals surface area contributed by atoms with Gasteiger partial charge in [0.25, 0.3) is 0 Å². The number of ketones is 1. The largest absolute Gasteiger partial charge is 0.416 e. The number of amides is 2. The Labute approximate surface area is 266 Å². The maximum atomic E-state index is 14.9. The predicted octanol–water partition coefficient (Wildman–Crippen LogP) is 6.99. The van der Waals surface area contributed by atoms with E-state index >= 15 is 0 Å². The van der Waals surface area contributed by atoms with Crippen molar-refractivity contribution < 1.29 is 27.6 Å². The van der Waals surface area contributed by atoms with Gasteiger partial charge in [0.2, 0.25) is 11.8 Å². The van der Waals surface area contributed by atoms with Gasteiger partial charge in [-0.2, -0.15) is 18.4 Å². The van der Waals surface area contributed by atoms with Crippen LogP contribution in [-0.2, 0) is 27.0 Å². The number of Topliss-reactive ketones (excluding diaryl/α,β-unsaturated/α-hetero) is 1. The highest BCUT2D eigenvalue weighted by Gasteiger charge is 2.49. The fraction of sp³-hybridized carbons (Fsp3) is 0.361. The van der Waals surface area contributed by atoms with Crippen molar-refractivity contribution in [2.24, 2.45) is 5.92 Å². The number of nitrogens with zero attached hydrogens (tertiary/aromatic N) is 4. The summed E-state index contributed by atoms with van der Waals surface area (Å²) in [5.41, 5.74) is 0.925. The molecular weight excluding hydrogens is 593 g/mol. The maximum absolute atomic E-state index is 14.9. The van der Waals surface area contributed by atoms with Gasteiger partial charge >= 0.3 is 6.18 Å². The molecule has 0 radical (unpaired) electrons. The van der Waals surface area contributed by atoms with Crippen molar-refractivity contribution in [3.05, 3.63) is 107 Å². The van der Waals surface area contributed by atoms with Gasteiger partial charge in [0.15, 0.2) is 5.78 Å². The normalized spacial score (nSPS) is 19.1. The second-order valence-corrected chi connectivity index (χ2v) is 11.9. The Morgan fingerprint density at radius 3 is 2.35 bits per heavy atom. The van der Waals surface area contributed by atoms with Gasteiger partial charge in [-0.1, -0.05) is 43.5 Å². The molecule has 0 saturated heterocycles. The molecule has 7 nitrogen and oxygen atoms in total. The number of benzene rings is 2. The van der Waals surface area contributed by atoms with Crippen LogP contribution in [0.3, 0.4) is 0 Å². The number of hydrogen-bond donors (Lipinski definition) is 0. The molecule has 2 aliphatic rings. The summed E-state index contributed by atoms with van der Waals surface area (Å²) >= 11 is 0.